The Bertz CT molecular complexity index is 2990. The molecule has 56 heavy (non-hydrogen) atoms. The number of aromatic nitrogens is 3. The Balaban J connectivity index is 1.57. The number of azo groups is 1. The van der Waals surface area contributed by atoms with Crippen molar-refractivity contribution in [2.24, 2.45) is 10.2 Å². The van der Waals surface area contributed by atoms with Gasteiger partial charge in [-0.3, -0.25) is 18.2 Å². The highest BCUT2D eigenvalue weighted by Gasteiger charge is 2.26. The molecule has 0 aliphatic carbocycles. The van der Waals surface area contributed by atoms with Crippen molar-refractivity contribution in [3.8, 4) is 5.75 Å². The maximum Gasteiger partial charge on any atom is 0.397 e. The van der Waals surface area contributed by atoms with Gasteiger partial charge in [0.2, 0.25) is 17.2 Å². The van der Waals surface area contributed by atoms with E-state index in [-0.39, 0.29) is 22.2 Å². The van der Waals surface area contributed by atoms with Crippen molar-refractivity contribution in [3.63, 3.8) is 0 Å². The van der Waals surface area contributed by atoms with Gasteiger partial charge in [-0.1, -0.05) is 6.07 Å². The van der Waals surface area contributed by atoms with Gasteiger partial charge < -0.3 is 15.7 Å². The number of aromatic hydroxyl groups is 1. The summed E-state index contributed by atoms with van der Waals surface area (Å²) in [7, 11) is -24.0. The van der Waals surface area contributed by atoms with Gasteiger partial charge in [-0.05, 0) is 77.7 Å². The number of hydrogen-bond donors (Lipinski definition) is 7. The number of phenolic OH excluding ortho intramolecular Hbond substituents is 1. The molecule has 1 aromatic heterocycles. The number of nitrogens with one attached hydrogen (secondary N) is 2. The summed E-state index contributed by atoms with van der Waals surface area (Å²) in [5.41, 5.74) is -1.45. The zero-order valence-corrected chi connectivity index (χ0v) is 32.0. The number of halogens is 1. The molecule has 7 N–H and O–H groups in total. The number of rotatable bonds is 14. The van der Waals surface area contributed by atoms with Gasteiger partial charge >= 0.3 is 10.4 Å². The highest BCUT2D eigenvalue weighted by Crippen LogP contribution is 2.45. The lowest BCUT2D eigenvalue weighted by Crippen LogP contribution is -2.15. The number of sulfone groups is 1. The monoisotopic (exact) mass is 895 g/mol. The summed E-state index contributed by atoms with van der Waals surface area (Å²) >= 11 is 6.09. The average molecular weight is 896 g/mol. The Morgan fingerprint density at radius 3 is 1.89 bits per heavy atom. The zero-order valence-electron chi connectivity index (χ0n) is 27.1. The van der Waals surface area contributed by atoms with Crippen LogP contribution in [0.25, 0.3) is 10.8 Å². The maximum atomic E-state index is 12.7. The van der Waals surface area contributed by atoms with Gasteiger partial charge in [0.15, 0.2) is 15.6 Å². The van der Waals surface area contributed by atoms with Gasteiger partial charge in [0, 0.05) is 11.1 Å². The van der Waals surface area contributed by atoms with Crippen LogP contribution in [0.15, 0.2) is 96.5 Å². The third-order valence-electron chi connectivity index (χ3n) is 6.99. The molecule has 0 aliphatic rings. The molecule has 5 aromatic rings. The van der Waals surface area contributed by atoms with Crippen molar-refractivity contribution >= 4 is 108 Å². The summed E-state index contributed by atoms with van der Waals surface area (Å²) < 4.78 is 161. The lowest BCUT2D eigenvalue weighted by molar-refractivity contribution is 0.284. The van der Waals surface area contributed by atoms with Crippen LogP contribution in [0.1, 0.15) is 0 Å². The summed E-state index contributed by atoms with van der Waals surface area (Å²) in [6.07, 6.45) is 0. The smallest absolute Gasteiger partial charge is 0.397 e. The third-order valence-corrected chi connectivity index (χ3v) is 11.9. The first-order valence-electron chi connectivity index (χ1n) is 14.5. The lowest BCUT2D eigenvalue weighted by Gasteiger charge is -2.15. The minimum absolute atomic E-state index is 0.0341. The molecule has 0 amide bonds. The predicted molar refractivity (Wildman–Crippen MR) is 193 cm³/mol. The van der Waals surface area contributed by atoms with Crippen molar-refractivity contribution in [2.75, 3.05) is 23.0 Å². The van der Waals surface area contributed by atoms with E-state index < -0.39 is 117 Å². The molecule has 0 aliphatic heterocycles. The van der Waals surface area contributed by atoms with Crippen LogP contribution in [0.2, 0.25) is 5.28 Å². The quantitative estimate of drug-likeness (QED) is 0.0618. The molecule has 0 saturated carbocycles. The number of benzene rings is 4. The first-order chi connectivity index (χ1) is 25.8. The number of anilines is 4. The van der Waals surface area contributed by atoms with E-state index in [1.807, 2.05) is 0 Å². The highest BCUT2D eigenvalue weighted by atomic mass is 35.5. The molecule has 4 aromatic carbocycles. The van der Waals surface area contributed by atoms with Crippen molar-refractivity contribution < 1.29 is 69.6 Å². The van der Waals surface area contributed by atoms with Crippen molar-refractivity contribution in [1.82, 2.24) is 15.0 Å². The number of phenols is 1. The molecule has 0 bridgehead atoms. The molecule has 0 spiro atoms. The summed E-state index contributed by atoms with van der Waals surface area (Å²) in [6, 6.07) is 11.1. The van der Waals surface area contributed by atoms with Gasteiger partial charge in [-0.2, -0.15) is 53.7 Å². The van der Waals surface area contributed by atoms with Gasteiger partial charge in [-0.25, -0.2) is 12.6 Å². The van der Waals surface area contributed by atoms with E-state index in [9.17, 15) is 60.9 Å². The summed E-state index contributed by atoms with van der Waals surface area (Å²) in [5.74, 6) is -2.74. The van der Waals surface area contributed by atoms with Crippen LogP contribution in [-0.2, 0) is 54.8 Å². The highest BCUT2D eigenvalue weighted by molar-refractivity contribution is 7.91. The fourth-order valence-electron chi connectivity index (χ4n) is 4.64. The van der Waals surface area contributed by atoms with E-state index in [1.54, 1.807) is 0 Å². The fraction of sp³-hybridized carbons (Fsp3) is 0.0741. The Labute approximate surface area is 321 Å². The zero-order chi connectivity index (χ0) is 41.4. The van der Waals surface area contributed by atoms with Crippen LogP contribution in [0.5, 0.6) is 5.75 Å². The van der Waals surface area contributed by atoms with Crippen molar-refractivity contribution in [2.45, 2.75) is 19.6 Å². The Morgan fingerprint density at radius 2 is 1.30 bits per heavy atom. The standard InChI is InChI=1S/C27H22ClN7O16S5/c28-25-31-26(29-16-2-1-3-18(12-16)52(37,38)9-8-51-56(48,49)50)33-27(32-25)30-20-13-19(54(42,43)44)10-14-11-21(55(45,46)47)23(24(36)22(14)20)35-34-15-4-6-17(7-5-15)53(39,40)41/h1-7,10-13,36H,8-9H2,(H,39,40,41)(H,42,43,44)(H,45,46,47)(H,48,49,50)(H2,29,30,31,32,33). The van der Waals surface area contributed by atoms with Crippen molar-refractivity contribution in [1.29, 1.82) is 0 Å². The molecule has 0 radical (unpaired) electrons. The number of nitrogens with zero attached hydrogens (tertiary/aromatic N) is 5. The molecule has 5 rings (SSSR count). The van der Waals surface area contributed by atoms with Crippen LogP contribution >= 0.6 is 11.6 Å². The Hall–Kier alpha value is -5.01. The minimum atomic E-state index is -5.26. The largest absolute Gasteiger partial charge is 0.505 e. The van der Waals surface area contributed by atoms with Crippen molar-refractivity contribution in [3.05, 3.63) is 72.0 Å². The molecule has 298 valence electrons. The molecule has 0 atom stereocenters. The molecule has 0 fully saturated rings. The van der Waals surface area contributed by atoms with Crippen LogP contribution in [0.4, 0.5) is 34.6 Å². The van der Waals surface area contributed by atoms with Crippen LogP contribution in [0, 0.1) is 0 Å². The molecule has 1 heterocycles. The van der Waals surface area contributed by atoms with Crippen LogP contribution < -0.4 is 10.6 Å². The molecule has 0 saturated heterocycles. The van der Waals surface area contributed by atoms with Gasteiger partial charge in [0.25, 0.3) is 30.4 Å². The molecular weight excluding hydrogens is 874 g/mol. The minimum Gasteiger partial charge on any atom is -0.505 e. The van der Waals surface area contributed by atoms with E-state index in [4.69, 9.17) is 16.2 Å². The first-order valence-corrected chi connectivity index (χ1v) is 22.2. The Kier molecular flexibility index (Phi) is 11.7. The molecule has 23 nitrogen and oxygen atoms in total. The second-order valence-electron chi connectivity index (χ2n) is 10.9. The molecule has 29 heteroatoms. The Morgan fingerprint density at radius 1 is 0.679 bits per heavy atom. The average Bonchev–Trinajstić information content (AvgIpc) is 3.05. The normalized spacial score (nSPS) is 12.9. The van der Waals surface area contributed by atoms with Gasteiger partial charge in [0.1, 0.15) is 10.6 Å². The third kappa shape index (κ3) is 10.4. The summed E-state index contributed by atoms with van der Waals surface area (Å²) in [5, 5.41) is 22.7. The molecular formula is C27H22ClN7O16S5. The first kappa shape index (κ1) is 42.1. The van der Waals surface area contributed by atoms with Crippen LogP contribution in [0.3, 0.4) is 0 Å². The second kappa shape index (κ2) is 15.5. The topological polar surface area (TPSA) is 369 Å². The van der Waals surface area contributed by atoms with E-state index in [0.29, 0.717) is 6.07 Å². The van der Waals surface area contributed by atoms with E-state index in [1.165, 1.54) is 18.2 Å². The van der Waals surface area contributed by atoms with Crippen LogP contribution in [-0.4, -0.2) is 92.7 Å². The SMILES string of the molecule is O=S(=O)(O)OCCS(=O)(=O)c1cccc(Nc2nc(Cl)nc(Nc3cc(S(=O)(=O)O)cc4cc(S(=O)(=O)O)c(N=Nc5ccc(S(=O)(=O)O)cc5)c(O)c34)n2)c1. The van der Waals surface area contributed by atoms with Gasteiger partial charge in [0.05, 0.1) is 38.4 Å². The number of fused-ring (bicyclic) bond motifs is 1. The van der Waals surface area contributed by atoms with E-state index in [0.717, 1.165) is 42.5 Å². The van der Waals surface area contributed by atoms with E-state index in [2.05, 4.69) is 40.0 Å². The number of hydrogen-bond acceptors (Lipinski definition) is 19. The molecule has 0 unspecified atom stereocenters. The van der Waals surface area contributed by atoms with E-state index >= 15 is 0 Å². The summed E-state index contributed by atoms with van der Waals surface area (Å²) in [6.45, 7) is -0.894. The predicted octanol–water partition coefficient (Wildman–Crippen LogP) is 3.62. The lowest BCUT2D eigenvalue weighted by atomic mass is 10.1. The summed E-state index contributed by atoms with van der Waals surface area (Å²) in [4.78, 5) is 9.02. The fourth-order valence-corrected chi connectivity index (χ4v) is 8.01. The second-order valence-corrected chi connectivity index (χ2v) is 18.6. The van der Waals surface area contributed by atoms with Gasteiger partial charge in [-0.15, -0.1) is 5.11 Å². The maximum absolute atomic E-state index is 12.7.